The fraction of sp³-hybridized carbons (Fsp3) is 0.333. The van der Waals surface area contributed by atoms with Crippen LogP contribution in [0.3, 0.4) is 0 Å². The summed E-state index contributed by atoms with van der Waals surface area (Å²) in [6.45, 7) is 2.64. The zero-order chi connectivity index (χ0) is 17.2. The van der Waals surface area contributed by atoms with Crippen molar-refractivity contribution < 1.29 is 18.3 Å². The van der Waals surface area contributed by atoms with E-state index < -0.39 is 11.7 Å². The molecular formula is C15H15FN6O3. The molecule has 1 fully saturated rings. The first-order chi connectivity index (χ1) is 12.2. The van der Waals surface area contributed by atoms with Crippen LogP contribution in [0.5, 0.6) is 0 Å². The molecule has 1 aliphatic heterocycles. The number of nitrogens with one attached hydrogen (secondary N) is 1. The molecule has 4 heterocycles. The van der Waals surface area contributed by atoms with E-state index in [9.17, 15) is 9.18 Å². The third-order valence-electron chi connectivity index (χ3n) is 3.81. The maximum Gasteiger partial charge on any atom is 0.318 e. The number of aromatic nitrogens is 4. The summed E-state index contributed by atoms with van der Waals surface area (Å²) in [6.07, 6.45) is 3.08. The lowest BCUT2D eigenvalue weighted by Crippen LogP contribution is -2.36. The lowest BCUT2D eigenvalue weighted by Gasteiger charge is -2.24. The summed E-state index contributed by atoms with van der Waals surface area (Å²) in [5, 5.41) is 10.5. The number of ether oxygens (including phenoxy) is 1. The van der Waals surface area contributed by atoms with Crippen LogP contribution in [-0.4, -0.2) is 51.8 Å². The average molecular weight is 346 g/mol. The van der Waals surface area contributed by atoms with Gasteiger partial charge in [0.1, 0.15) is 5.69 Å². The molecule has 9 nitrogen and oxygen atoms in total. The minimum atomic E-state index is -0.492. The van der Waals surface area contributed by atoms with Crippen molar-refractivity contribution in [1.29, 1.82) is 0 Å². The number of hydrogen-bond acceptors (Lipinski definition) is 7. The van der Waals surface area contributed by atoms with E-state index in [1.807, 2.05) is 4.90 Å². The van der Waals surface area contributed by atoms with Crippen molar-refractivity contribution in [1.82, 2.24) is 24.9 Å². The van der Waals surface area contributed by atoms with Crippen molar-refractivity contribution in [2.24, 2.45) is 0 Å². The lowest BCUT2D eigenvalue weighted by molar-refractivity contribution is 0.0943. The molecule has 1 saturated heterocycles. The molecule has 3 aromatic heterocycles. The van der Waals surface area contributed by atoms with Gasteiger partial charge in [0.15, 0.2) is 11.5 Å². The van der Waals surface area contributed by atoms with Crippen LogP contribution in [0.25, 0.3) is 5.65 Å². The molecule has 0 atom stereocenters. The first-order valence-corrected chi connectivity index (χ1v) is 7.77. The minimum absolute atomic E-state index is 0.0620. The zero-order valence-electron chi connectivity index (χ0n) is 13.2. The maximum absolute atomic E-state index is 13.6. The first kappa shape index (κ1) is 15.5. The van der Waals surface area contributed by atoms with Crippen molar-refractivity contribution in [3.63, 3.8) is 0 Å². The van der Waals surface area contributed by atoms with Crippen molar-refractivity contribution >= 4 is 17.6 Å². The molecule has 1 amide bonds. The Morgan fingerprint density at radius 1 is 1.32 bits per heavy atom. The van der Waals surface area contributed by atoms with Gasteiger partial charge in [-0.1, -0.05) is 5.10 Å². The highest BCUT2D eigenvalue weighted by atomic mass is 19.1. The van der Waals surface area contributed by atoms with Gasteiger partial charge in [0.2, 0.25) is 5.89 Å². The summed E-state index contributed by atoms with van der Waals surface area (Å²) < 4.78 is 25.9. The number of halogens is 1. The Hall–Kier alpha value is -3.01. The highest BCUT2D eigenvalue weighted by Gasteiger charge is 2.18. The number of carbonyl (C=O) groups is 1. The lowest BCUT2D eigenvalue weighted by atomic mass is 10.4. The predicted octanol–water partition coefficient (Wildman–Crippen LogP) is 0.623. The largest absolute Gasteiger partial charge is 0.406 e. The number of hydrogen-bond donors (Lipinski definition) is 1. The van der Waals surface area contributed by atoms with Gasteiger partial charge >= 0.3 is 6.01 Å². The minimum Gasteiger partial charge on any atom is -0.406 e. The first-order valence-electron chi connectivity index (χ1n) is 7.77. The quantitative estimate of drug-likeness (QED) is 0.739. The topological polar surface area (TPSA) is 97.8 Å². The van der Waals surface area contributed by atoms with Crippen LogP contribution in [0.15, 0.2) is 28.9 Å². The third kappa shape index (κ3) is 3.15. The van der Waals surface area contributed by atoms with Crippen LogP contribution in [-0.2, 0) is 11.3 Å². The fourth-order valence-corrected chi connectivity index (χ4v) is 2.53. The van der Waals surface area contributed by atoms with Crippen LogP contribution in [0, 0.1) is 5.82 Å². The second-order valence-electron chi connectivity index (χ2n) is 5.47. The Morgan fingerprint density at radius 2 is 2.16 bits per heavy atom. The number of amides is 1. The smallest absolute Gasteiger partial charge is 0.318 e. The van der Waals surface area contributed by atoms with Crippen molar-refractivity contribution in [3.05, 3.63) is 41.9 Å². The number of anilines is 1. The number of fused-ring (bicyclic) bond motifs is 1. The molecule has 0 saturated carbocycles. The van der Waals surface area contributed by atoms with E-state index in [1.165, 1.54) is 22.7 Å². The molecule has 1 aliphatic rings. The summed E-state index contributed by atoms with van der Waals surface area (Å²) >= 11 is 0. The van der Waals surface area contributed by atoms with Crippen molar-refractivity contribution in [3.8, 4) is 0 Å². The van der Waals surface area contributed by atoms with Gasteiger partial charge in [-0.2, -0.15) is 0 Å². The van der Waals surface area contributed by atoms with E-state index >= 15 is 0 Å². The van der Waals surface area contributed by atoms with Gasteiger partial charge in [-0.15, -0.1) is 5.10 Å². The number of morpholine rings is 1. The molecule has 25 heavy (non-hydrogen) atoms. The molecule has 10 heteroatoms. The summed E-state index contributed by atoms with van der Waals surface area (Å²) in [5.74, 6) is -0.660. The molecule has 0 radical (unpaired) electrons. The number of rotatable bonds is 4. The SMILES string of the molecule is O=C(NCc1nnc(N2CCOCC2)o1)c1cn2cccc(F)c2n1. The molecule has 0 aliphatic carbocycles. The van der Waals surface area contributed by atoms with E-state index in [2.05, 4.69) is 20.5 Å². The van der Waals surface area contributed by atoms with E-state index in [-0.39, 0.29) is 23.8 Å². The van der Waals surface area contributed by atoms with Crippen molar-refractivity contribution in [2.45, 2.75) is 6.54 Å². The molecule has 1 N–H and O–H groups in total. The second-order valence-corrected chi connectivity index (χ2v) is 5.47. The van der Waals surface area contributed by atoms with E-state index in [4.69, 9.17) is 9.15 Å². The second kappa shape index (κ2) is 6.48. The third-order valence-corrected chi connectivity index (χ3v) is 3.81. The monoisotopic (exact) mass is 346 g/mol. The molecule has 0 unspecified atom stereocenters. The Balaban J connectivity index is 1.41. The molecule has 3 aromatic rings. The van der Waals surface area contributed by atoms with Crippen LogP contribution < -0.4 is 10.2 Å². The van der Waals surface area contributed by atoms with Gasteiger partial charge in [0.05, 0.1) is 19.8 Å². The van der Waals surface area contributed by atoms with Gasteiger partial charge < -0.3 is 23.8 Å². The maximum atomic E-state index is 13.6. The average Bonchev–Trinajstić information content (AvgIpc) is 3.28. The number of carbonyl (C=O) groups excluding carboxylic acids is 1. The van der Waals surface area contributed by atoms with Crippen molar-refractivity contribution in [2.75, 3.05) is 31.2 Å². The van der Waals surface area contributed by atoms with E-state index in [0.29, 0.717) is 32.3 Å². The van der Waals surface area contributed by atoms with Crippen LogP contribution in [0.4, 0.5) is 10.4 Å². The van der Waals surface area contributed by atoms with Gasteiger partial charge in [0.25, 0.3) is 5.91 Å². The van der Waals surface area contributed by atoms with Gasteiger partial charge in [-0.25, -0.2) is 9.37 Å². The summed E-state index contributed by atoms with van der Waals surface area (Å²) in [5.41, 5.74) is 0.207. The molecule has 130 valence electrons. The Morgan fingerprint density at radius 3 is 2.96 bits per heavy atom. The zero-order valence-corrected chi connectivity index (χ0v) is 13.2. The van der Waals surface area contributed by atoms with Gasteiger partial charge in [-0.05, 0) is 12.1 Å². The fourth-order valence-electron chi connectivity index (χ4n) is 2.53. The normalized spacial score (nSPS) is 14.8. The molecule has 0 aromatic carbocycles. The molecule has 4 rings (SSSR count). The Kier molecular flexibility index (Phi) is 4.02. The van der Waals surface area contributed by atoms with Gasteiger partial charge in [-0.3, -0.25) is 4.79 Å². The Bertz CT molecular complexity index is 902. The van der Waals surface area contributed by atoms with Gasteiger partial charge in [0, 0.05) is 25.5 Å². The van der Waals surface area contributed by atoms with E-state index in [1.54, 1.807) is 6.20 Å². The van der Waals surface area contributed by atoms with Crippen LogP contribution in [0.2, 0.25) is 0 Å². The molecular weight excluding hydrogens is 331 g/mol. The van der Waals surface area contributed by atoms with E-state index in [0.717, 1.165) is 0 Å². The highest BCUT2D eigenvalue weighted by molar-refractivity contribution is 5.92. The summed E-state index contributed by atoms with van der Waals surface area (Å²) in [7, 11) is 0. The number of pyridine rings is 1. The molecule has 0 bridgehead atoms. The summed E-state index contributed by atoms with van der Waals surface area (Å²) in [6, 6.07) is 3.23. The highest BCUT2D eigenvalue weighted by Crippen LogP contribution is 2.14. The number of nitrogens with zero attached hydrogens (tertiary/aromatic N) is 5. The van der Waals surface area contributed by atoms with Crippen LogP contribution >= 0.6 is 0 Å². The Labute approximate surface area is 141 Å². The number of imidazole rings is 1. The predicted molar refractivity (Wildman–Crippen MR) is 83.7 cm³/mol. The standard InChI is InChI=1S/C15H15FN6O3/c16-10-2-1-3-22-9-11(18-13(10)22)14(23)17-8-12-19-20-15(25-12)21-4-6-24-7-5-21/h1-3,9H,4-8H2,(H,17,23). The van der Waals surface area contributed by atoms with Crippen LogP contribution in [0.1, 0.15) is 16.4 Å². The molecule has 0 spiro atoms. The summed E-state index contributed by atoms with van der Waals surface area (Å²) in [4.78, 5) is 18.1.